The summed E-state index contributed by atoms with van der Waals surface area (Å²) in [6.07, 6.45) is -0.431. The fraction of sp³-hybridized carbons (Fsp3) is 0.652. The molecule has 0 spiro atoms. The Morgan fingerprint density at radius 3 is 2.26 bits per heavy atom. The fourth-order valence-electron chi connectivity index (χ4n) is 3.12. The SMILES string of the molecule is CN=C(NCc1ccc(CN2CCOCC2)cc1)NCC(C)(C)NC(=O)OC(C)(C)C. The quantitative estimate of drug-likeness (QED) is 0.452. The van der Waals surface area contributed by atoms with Crippen LogP contribution in [0.25, 0.3) is 0 Å². The molecule has 3 N–H and O–H groups in total. The Kier molecular flexibility index (Phi) is 9.13. The third kappa shape index (κ3) is 10.0. The Morgan fingerprint density at radius 1 is 1.06 bits per heavy atom. The van der Waals surface area contributed by atoms with Crippen molar-refractivity contribution < 1.29 is 14.3 Å². The molecule has 8 heteroatoms. The van der Waals surface area contributed by atoms with Crippen LogP contribution in [0.4, 0.5) is 4.79 Å². The van der Waals surface area contributed by atoms with Gasteiger partial charge in [-0.3, -0.25) is 9.89 Å². The lowest BCUT2D eigenvalue weighted by molar-refractivity contribution is 0.0342. The molecule has 174 valence electrons. The topological polar surface area (TPSA) is 87.2 Å². The van der Waals surface area contributed by atoms with Gasteiger partial charge in [0.2, 0.25) is 0 Å². The van der Waals surface area contributed by atoms with Crippen LogP contribution in [0, 0.1) is 0 Å². The minimum atomic E-state index is -0.525. The van der Waals surface area contributed by atoms with Gasteiger partial charge in [-0.25, -0.2) is 4.79 Å². The molecule has 8 nitrogen and oxygen atoms in total. The Labute approximate surface area is 186 Å². The van der Waals surface area contributed by atoms with Gasteiger partial charge in [0, 0.05) is 39.8 Å². The van der Waals surface area contributed by atoms with Crippen LogP contribution >= 0.6 is 0 Å². The maximum absolute atomic E-state index is 12.0. The largest absolute Gasteiger partial charge is 0.444 e. The minimum Gasteiger partial charge on any atom is -0.444 e. The molecule has 1 aliphatic heterocycles. The zero-order valence-corrected chi connectivity index (χ0v) is 19.9. The van der Waals surface area contributed by atoms with E-state index in [-0.39, 0.29) is 0 Å². The number of carbonyl (C=O) groups excluding carboxylic acids is 1. The standard InChI is InChI=1S/C23H39N5O3/c1-22(2,3)31-21(29)27-23(4,5)17-26-20(24-6)25-15-18-7-9-19(10-8-18)16-28-11-13-30-14-12-28/h7-10H,11-17H2,1-6H3,(H,27,29)(H2,24,25,26). The van der Waals surface area contributed by atoms with Crippen LogP contribution in [0.15, 0.2) is 29.3 Å². The summed E-state index contributed by atoms with van der Waals surface area (Å²) in [4.78, 5) is 18.7. The highest BCUT2D eigenvalue weighted by Crippen LogP contribution is 2.10. The number of ether oxygens (including phenoxy) is 2. The van der Waals surface area contributed by atoms with Gasteiger partial charge in [-0.1, -0.05) is 24.3 Å². The van der Waals surface area contributed by atoms with E-state index in [1.165, 1.54) is 11.1 Å². The van der Waals surface area contributed by atoms with Crippen LogP contribution in [-0.2, 0) is 22.6 Å². The summed E-state index contributed by atoms with van der Waals surface area (Å²) in [5.74, 6) is 0.677. The molecule has 0 saturated carbocycles. The summed E-state index contributed by atoms with van der Waals surface area (Å²) < 4.78 is 10.7. The molecule has 0 bridgehead atoms. The van der Waals surface area contributed by atoms with E-state index in [1.54, 1.807) is 7.05 Å². The normalized spacial score (nSPS) is 16.0. The first-order valence-electron chi connectivity index (χ1n) is 10.9. The molecular weight excluding hydrogens is 394 g/mol. The van der Waals surface area contributed by atoms with Gasteiger partial charge in [-0.05, 0) is 45.7 Å². The summed E-state index contributed by atoms with van der Waals surface area (Å²) in [5.41, 5.74) is 1.47. The highest BCUT2D eigenvalue weighted by molar-refractivity contribution is 5.79. The number of morpholine rings is 1. The number of guanidine groups is 1. The lowest BCUT2D eigenvalue weighted by atomic mass is 10.1. The van der Waals surface area contributed by atoms with Gasteiger partial charge in [0.25, 0.3) is 0 Å². The van der Waals surface area contributed by atoms with E-state index in [0.717, 1.165) is 32.8 Å². The van der Waals surface area contributed by atoms with Crippen molar-refractivity contribution in [2.75, 3.05) is 39.9 Å². The van der Waals surface area contributed by atoms with Gasteiger partial charge in [-0.15, -0.1) is 0 Å². The van der Waals surface area contributed by atoms with E-state index in [0.29, 0.717) is 19.0 Å². The molecule has 1 aromatic rings. The van der Waals surface area contributed by atoms with E-state index >= 15 is 0 Å². The van der Waals surface area contributed by atoms with Crippen LogP contribution in [0.3, 0.4) is 0 Å². The number of benzene rings is 1. The molecule has 0 unspecified atom stereocenters. The Bertz CT molecular complexity index is 720. The molecule has 2 rings (SSSR count). The molecule has 1 heterocycles. The first kappa shape index (κ1) is 24.9. The number of carbonyl (C=O) groups is 1. The van der Waals surface area contributed by atoms with Gasteiger partial charge in [0.1, 0.15) is 5.60 Å². The molecule has 1 aliphatic rings. The van der Waals surface area contributed by atoms with Crippen molar-refractivity contribution in [3.05, 3.63) is 35.4 Å². The molecule has 31 heavy (non-hydrogen) atoms. The Balaban J connectivity index is 1.76. The van der Waals surface area contributed by atoms with E-state index in [4.69, 9.17) is 9.47 Å². The third-order valence-electron chi connectivity index (χ3n) is 4.75. The smallest absolute Gasteiger partial charge is 0.408 e. The summed E-state index contributed by atoms with van der Waals surface area (Å²) in [5, 5.41) is 9.47. The zero-order valence-electron chi connectivity index (χ0n) is 19.9. The minimum absolute atomic E-state index is 0.431. The third-order valence-corrected chi connectivity index (χ3v) is 4.75. The first-order chi connectivity index (χ1) is 14.6. The second-order valence-electron chi connectivity index (χ2n) is 9.50. The molecule has 1 fully saturated rings. The highest BCUT2D eigenvalue weighted by Gasteiger charge is 2.24. The number of amides is 1. The van der Waals surface area contributed by atoms with E-state index in [9.17, 15) is 4.79 Å². The van der Waals surface area contributed by atoms with Gasteiger partial charge < -0.3 is 25.4 Å². The molecule has 1 aromatic carbocycles. The monoisotopic (exact) mass is 433 g/mol. The van der Waals surface area contributed by atoms with E-state index < -0.39 is 17.2 Å². The van der Waals surface area contributed by atoms with Crippen LogP contribution in [0.1, 0.15) is 45.7 Å². The molecule has 0 aliphatic carbocycles. The number of rotatable bonds is 7. The summed E-state index contributed by atoms with van der Waals surface area (Å²) >= 11 is 0. The van der Waals surface area contributed by atoms with Crippen molar-refractivity contribution in [2.45, 2.75) is 58.8 Å². The Hall–Kier alpha value is -2.32. The van der Waals surface area contributed by atoms with Crippen molar-refractivity contribution in [1.82, 2.24) is 20.9 Å². The average Bonchev–Trinajstić information content (AvgIpc) is 2.68. The van der Waals surface area contributed by atoms with E-state index in [1.807, 2.05) is 34.6 Å². The number of nitrogens with zero attached hydrogens (tertiary/aromatic N) is 2. The predicted octanol–water partition coefficient (Wildman–Crippen LogP) is 2.49. The van der Waals surface area contributed by atoms with Crippen LogP contribution in [0.5, 0.6) is 0 Å². The van der Waals surface area contributed by atoms with Crippen molar-refractivity contribution >= 4 is 12.1 Å². The predicted molar refractivity (Wildman–Crippen MR) is 124 cm³/mol. The van der Waals surface area contributed by atoms with Gasteiger partial charge in [0.15, 0.2) is 5.96 Å². The lowest BCUT2D eigenvalue weighted by Gasteiger charge is -2.29. The molecule has 0 atom stereocenters. The molecular formula is C23H39N5O3. The average molecular weight is 434 g/mol. The second-order valence-corrected chi connectivity index (χ2v) is 9.50. The number of hydrogen-bond donors (Lipinski definition) is 3. The summed E-state index contributed by atoms with van der Waals surface area (Å²) in [6, 6.07) is 8.64. The number of nitrogens with one attached hydrogen (secondary N) is 3. The van der Waals surface area contributed by atoms with Crippen LogP contribution in [-0.4, -0.2) is 68.0 Å². The van der Waals surface area contributed by atoms with Crippen LogP contribution < -0.4 is 16.0 Å². The highest BCUT2D eigenvalue weighted by atomic mass is 16.6. The van der Waals surface area contributed by atoms with Crippen molar-refractivity contribution in [1.29, 1.82) is 0 Å². The van der Waals surface area contributed by atoms with Crippen molar-refractivity contribution in [3.8, 4) is 0 Å². The molecule has 0 radical (unpaired) electrons. The maximum atomic E-state index is 12.0. The van der Waals surface area contributed by atoms with Gasteiger partial charge in [-0.2, -0.15) is 0 Å². The van der Waals surface area contributed by atoms with Crippen molar-refractivity contribution in [3.63, 3.8) is 0 Å². The van der Waals surface area contributed by atoms with Crippen LogP contribution in [0.2, 0.25) is 0 Å². The molecule has 1 saturated heterocycles. The number of hydrogen-bond acceptors (Lipinski definition) is 5. The lowest BCUT2D eigenvalue weighted by Crippen LogP contribution is -2.54. The summed E-state index contributed by atoms with van der Waals surface area (Å²) in [6.45, 7) is 15.2. The van der Waals surface area contributed by atoms with Gasteiger partial charge >= 0.3 is 6.09 Å². The first-order valence-corrected chi connectivity index (χ1v) is 10.9. The van der Waals surface area contributed by atoms with Crippen molar-refractivity contribution in [2.24, 2.45) is 4.99 Å². The fourth-order valence-corrected chi connectivity index (χ4v) is 3.12. The Morgan fingerprint density at radius 2 is 1.68 bits per heavy atom. The zero-order chi connectivity index (χ0) is 22.9. The molecule has 0 aromatic heterocycles. The molecule has 1 amide bonds. The number of aliphatic imine (C=N–C) groups is 1. The maximum Gasteiger partial charge on any atom is 0.408 e. The van der Waals surface area contributed by atoms with E-state index in [2.05, 4.69) is 50.1 Å². The number of alkyl carbamates (subject to hydrolysis) is 1. The second kappa shape index (κ2) is 11.3. The van der Waals surface area contributed by atoms with Gasteiger partial charge in [0.05, 0.1) is 18.8 Å². The summed E-state index contributed by atoms with van der Waals surface area (Å²) in [7, 11) is 1.73.